The zero-order valence-corrected chi connectivity index (χ0v) is 13.6. The Morgan fingerprint density at radius 1 is 1.27 bits per heavy atom. The number of rotatable bonds is 5. The van der Waals surface area contributed by atoms with Gasteiger partial charge in [-0.25, -0.2) is 4.79 Å². The molecule has 1 aromatic rings. The molecule has 6 nitrogen and oxygen atoms in total. The van der Waals surface area contributed by atoms with E-state index in [2.05, 4.69) is 5.32 Å². The molecule has 1 atom stereocenters. The Bertz CT molecular complexity index is 596. The minimum atomic E-state index is -1.19. The Hall–Kier alpha value is -1.89. The van der Waals surface area contributed by atoms with Gasteiger partial charge in [-0.1, -0.05) is 0 Å². The van der Waals surface area contributed by atoms with Gasteiger partial charge >= 0.3 is 5.97 Å². The van der Waals surface area contributed by atoms with Crippen LogP contribution in [-0.2, 0) is 4.79 Å². The highest BCUT2D eigenvalue weighted by atomic mass is 32.2. The number of aliphatic carboxylic acids is 1. The summed E-state index contributed by atoms with van der Waals surface area (Å²) in [5.41, 5.74) is -0.113. The van der Waals surface area contributed by atoms with Crippen LogP contribution in [-0.4, -0.2) is 48.2 Å². The quantitative estimate of drug-likeness (QED) is 0.857. The van der Waals surface area contributed by atoms with Crippen molar-refractivity contribution in [3.05, 3.63) is 23.3 Å². The SMILES string of the molecule is COc1cc(C)c(C(=O)NC2(C(=O)O)CCSC2)cc1OC. The molecule has 1 heterocycles. The van der Waals surface area contributed by atoms with Crippen LogP contribution in [0.1, 0.15) is 22.3 Å². The average Bonchev–Trinajstić information content (AvgIpc) is 2.96. The van der Waals surface area contributed by atoms with Crippen molar-refractivity contribution in [1.29, 1.82) is 0 Å². The maximum atomic E-state index is 12.5. The largest absolute Gasteiger partial charge is 0.493 e. The lowest BCUT2D eigenvalue weighted by atomic mass is 9.97. The molecule has 22 heavy (non-hydrogen) atoms. The summed E-state index contributed by atoms with van der Waals surface area (Å²) in [5.74, 6) is 0.648. The number of aryl methyl sites for hydroxylation is 1. The zero-order chi connectivity index (χ0) is 16.3. The van der Waals surface area contributed by atoms with Gasteiger partial charge in [0.2, 0.25) is 0 Å². The molecule has 120 valence electrons. The van der Waals surface area contributed by atoms with Gasteiger partial charge < -0.3 is 19.9 Å². The minimum absolute atomic E-state index is 0.375. The van der Waals surface area contributed by atoms with Gasteiger partial charge in [-0.3, -0.25) is 4.79 Å². The number of amides is 1. The summed E-state index contributed by atoms with van der Waals surface area (Å²) in [5, 5.41) is 12.1. The number of methoxy groups -OCH3 is 2. The zero-order valence-electron chi connectivity index (χ0n) is 12.8. The van der Waals surface area contributed by atoms with E-state index in [1.165, 1.54) is 26.0 Å². The number of hydrogen-bond donors (Lipinski definition) is 2. The molecule has 1 unspecified atom stereocenters. The van der Waals surface area contributed by atoms with Crippen LogP contribution in [0.25, 0.3) is 0 Å². The number of carbonyl (C=O) groups is 2. The topological polar surface area (TPSA) is 84.9 Å². The number of hydrogen-bond acceptors (Lipinski definition) is 5. The maximum Gasteiger partial charge on any atom is 0.330 e. The van der Waals surface area contributed by atoms with Crippen LogP contribution in [0.5, 0.6) is 11.5 Å². The molecule has 0 spiro atoms. The number of carbonyl (C=O) groups excluding carboxylic acids is 1. The lowest BCUT2D eigenvalue weighted by Crippen LogP contribution is -2.54. The molecule has 2 rings (SSSR count). The predicted molar refractivity (Wildman–Crippen MR) is 84.1 cm³/mol. The smallest absolute Gasteiger partial charge is 0.330 e. The summed E-state index contributed by atoms with van der Waals surface area (Å²) in [6.07, 6.45) is 0.422. The van der Waals surface area contributed by atoms with Gasteiger partial charge in [0.1, 0.15) is 5.54 Å². The van der Waals surface area contributed by atoms with E-state index in [0.29, 0.717) is 34.8 Å². The lowest BCUT2D eigenvalue weighted by Gasteiger charge is -2.25. The van der Waals surface area contributed by atoms with Crippen LogP contribution in [0.2, 0.25) is 0 Å². The molecule has 1 fully saturated rings. The van der Waals surface area contributed by atoms with Crippen molar-refractivity contribution in [3.63, 3.8) is 0 Å². The monoisotopic (exact) mass is 325 g/mol. The number of benzene rings is 1. The van der Waals surface area contributed by atoms with Crippen LogP contribution in [0.4, 0.5) is 0 Å². The van der Waals surface area contributed by atoms with E-state index in [4.69, 9.17) is 9.47 Å². The summed E-state index contributed by atoms with van der Waals surface area (Å²) < 4.78 is 10.4. The molecule has 0 saturated carbocycles. The van der Waals surface area contributed by atoms with E-state index < -0.39 is 17.4 Å². The molecule has 1 aliphatic heterocycles. The van der Waals surface area contributed by atoms with E-state index in [-0.39, 0.29) is 0 Å². The molecule has 2 N–H and O–H groups in total. The normalized spacial score (nSPS) is 20.5. The first kappa shape index (κ1) is 16.5. The highest BCUT2D eigenvalue weighted by Crippen LogP contribution is 2.32. The molecule has 0 aliphatic carbocycles. The number of carboxylic acids is 1. The fourth-order valence-electron chi connectivity index (χ4n) is 2.40. The van der Waals surface area contributed by atoms with Gasteiger partial charge in [-0.15, -0.1) is 0 Å². The van der Waals surface area contributed by atoms with Crippen molar-refractivity contribution in [2.45, 2.75) is 18.9 Å². The van der Waals surface area contributed by atoms with Gasteiger partial charge in [-0.05, 0) is 36.8 Å². The van der Waals surface area contributed by atoms with Crippen molar-refractivity contribution in [2.24, 2.45) is 0 Å². The molecular formula is C15H19NO5S. The molecule has 0 bridgehead atoms. The second kappa shape index (κ2) is 6.48. The molecule has 0 aromatic heterocycles. The van der Waals surface area contributed by atoms with E-state index in [9.17, 15) is 14.7 Å². The molecule has 7 heteroatoms. The number of nitrogens with one attached hydrogen (secondary N) is 1. The van der Waals surface area contributed by atoms with Crippen molar-refractivity contribution in [1.82, 2.24) is 5.32 Å². The Kier molecular flexibility index (Phi) is 4.85. The summed E-state index contributed by atoms with van der Waals surface area (Å²) in [4.78, 5) is 24.0. The van der Waals surface area contributed by atoms with Gasteiger partial charge in [0.05, 0.1) is 14.2 Å². The second-order valence-electron chi connectivity index (χ2n) is 5.17. The third-order valence-corrected chi connectivity index (χ3v) is 4.95. The standard InChI is InChI=1S/C15H19NO5S/c1-9-6-11(20-2)12(21-3)7-10(9)13(17)16-15(14(18)19)4-5-22-8-15/h6-7H,4-5,8H2,1-3H3,(H,16,17)(H,18,19). The molecule has 1 amide bonds. The number of ether oxygens (including phenoxy) is 2. The predicted octanol–water partition coefficient (Wildman–Crippen LogP) is 1.70. The Morgan fingerprint density at radius 3 is 2.41 bits per heavy atom. The highest BCUT2D eigenvalue weighted by Gasteiger charge is 2.43. The van der Waals surface area contributed by atoms with Gasteiger partial charge in [0.15, 0.2) is 11.5 Å². The molecule has 1 saturated heterocycles. The van der Waals surface area contributed by atoms with Crippen molar-refractivity contribution < 1.29 is 24.2 Å². The second-order valence-corrected chi connectivity index (χ2v) is 6.27. The summed E-state index contributed by atoms with van der Waals surface area (Å²) in [6, 6.07) is 3.27. The Labute approximate surface area is 133 Å². The number of carboxylic acid groups (broad SMARTS) is 1. The first-order valence-corrected chi connectivity index (χ1v) is 7.95. The van der Waals surface area contributed by atoms with E-state index in [1.807, 2.05) is 0 Å². The molecule has 0 radical (unpaired) electrons. The first-order chi connectivity index (χ1) is 10.4. The van der Waals surface area contributed by atoms with Crippen LogP contribution < -0.4 is 14.8 Å². The van der Waals surface area contributed by atoms with Gasteiger partial charge in [-0.2, -0.15) is 11.8 Å². The Morgan fingerprint density at radius 2 is 1.91 bits per heavy atom. The van der Waals surface area contributed by atoms with Crippen LogP contribution >= 0.6 is 11.8 Å². The summed E-state index contributed by atoms with van der Waals surface area (Å²) in [7, 11) is 3.01. The molecule has 1 aliphatic rings. The van der Waals surface area contributed by atoms with E-state index in [0.717, 1.165) is 5.75 Å². The maximum absolute atomic E-state index is 12.5. The van der Waals surface area contributed by atoms with Crippen molar-refractivity contribution >= 4 is 23.6 Å². The summed E-state index contributed by atoms with van der Waals surface area (Å²) in [6.45, 7) is 1.77. The first-order valence-electron chi connectivity index (χ1n) is 6.80. The van der Waals surface area contributed by atoms with E-state index in [1.54, 1.807) is 19.1 Å². The van der Waals surface area contributed by atoms with E-state index >= 15 is 0 Å². The molecule has 1 aromatic carbocycles. The minimum Gasteiger partial charge on any atom is -0.493 e. The average molecular weight is 325 g/mol. The van der Waals surface area contributed by atoms with Gasteiger partial charge in [0, 0.05) is 11.3 Å². The van der Waals surface area contributed by atoms with Crippen LogP contribution in [0.3, 0.4) is 0 Å². The lowest BCUT2D eigenvalue weighted by molar-refractivity contribution is -0.143. The van der Waals surface area contributed by atoms with Crippen LogP contribution in [0, 0.1) is 6.92 Å². The van der Waals surface area contributed by atoms with Crippen molar-refractivity contribution in [3.8, 4) is 11.5 Å². The van der Waals surface area contributed by atoms with Crippen LogP contribution in [0.15, 0.2) is 12.1 Å². The fraction of sp³-hybridized carbons (Fsp3) is 0.467. The fourth-order valence-corrected chi connectivity index (χ4v) is 3.72. The Balaban J connectivity index is 2.31. The van der Waals surface area contributed by atoms with Gasteiger partial charge in [0.25, 0.3) is 5.91 Å². The third-order valence-electron chi connectivity index (χ3n) is 3.76. The van der Waals surface area contributed by atoms with Crippen molar-refractivity contribution in [2.75, 3.05) is 25.7 Å². The highest BCUT2D eigenvalue weighted by molar-refractivity contribution is 7.99. The summed E-state index contributed by atoms with van der Waals surface area (Å²) >= 11 is 1.52. The molecular weight excluding hydrogens is 306 g/mol. The number of thioether (sulfide) groups is 1. The third kappa shape index (κ3) is 2.99.